The molecule has 0 unspecified atom stereocenters. The van der Waals surface area contributed by atoms with Crippen LogP contribution in [0.5, 0.6) is 0 Å². The van der Waals surface area contributed by atoms with E-state index in [-0.39, 0.29) is 12.1 Å². The number of hydrogen-bond acceptors (Lipinski definition) is 2. The molecule has 3 heteroatoms. The maximum atomic E-state index is 11.8. The summed E-state index contributed by atoms with van der Waals surface area (Å²) < 4.78 is 5.14. The quantitative estimate of drug-likeness (QED) is 0.750. The monoisotopic (exact) mass is 248 g/mol. The number of halogens is 1. The number of fused-ring (bicyclic) bond motifs is 1. The van der Waals surface area contributed by atoms with Crippen LogP contribution in [0.3, 0.4) is 0 Å². The summed E-state index contributed by atoms with van der Waals surface area (Å²) >= 11 is 6.08. The van der Waals surface area contributed by atoms with E-state index in [0.717, 1.165) is 10.8 Å². The average molecular weight is 249 g/mol. The molecule has 2 nitrogen and oxygen atoms in total. The van der Waals surface area contributed by atoms with Crippen LogP contribution in [-0.4, -0.2) is 12.1 Å². The Morgan fingerprint density at radius 3 is 2.35 bits per heavy atom. The van der Waals surface area contributed by atoms with E-state index >= 15 is 0 Å². The molecule has 0 aliphatic rings. The highest BCUT2D eigenvalue weighted by Gasteiger charge is 2.14. The molecule has 0 atom stereocenters. The lowest BCUT2D eigenvalue weighted by Crippen LogP contribution is -2.12. The molecule has 2 rings (SSSR count). The molecular formula is C14H13ClO2. The second-order valence-corrected chi connectivity index (χ2v) is 4.54. The van der Waals surface area contributed by atoms with Gasteiger partial charge in [0.25, 0.3) is 0 Å². The van der Waals surface area contributed by atoms with Crippen molar-refractivity contribution in [3.05, 3.63) is 47.0 Å². The number of carbonyl (C=O) groups excluding carboxylic acids is 1. The Morgan fingerprint density at radius 1 is 1.18 bits per heavy atom. The Morgan fingerprint density at radius 2 is 1.76 bits per heavy atom. The molecule has 0 heterocycles. The lowest BCUT2D eigenvalue weighted by molar-refractivity contribution is 0.0378. The average Bonchev–Trinajstić information content (AvgIpc) is 2.27. The molecule has 0 saturated carbocycles. The molecule has 0 radical (unpaired) electrons. The van der Waals surface area contributed by atoms with Gasteiger partial charge in [-0.25, -0.2) is 4.79 Å². The van der Waals surface area contributed by atoms with Gasteiger partial charge in [0.05, 0.1) is 16.7 Å². The van der Waals surface area contributed by atoms with Gasteiger partial charge in [-0.2, -0.15) is 0 Å². The highest BCUT2D eigenvalue weighted by molar-refractivity contribution is 6.34. The lowest BCUT2D eigenvalue weighted by Gasteiger charge is -2.10. The normalized spacial score (nSPS) is 10.8. The van der Waals surface area contributed by atoms with Gasteiger partial charge in [-0.05, 0) is 36.8 Å². The van der Waals surface area contributed by atoms with Crippen LogP contribution in [0.25, 0.3) is 10.8 Å². The van der Waals surface area contributed by atoms with Crippen LogP contribution >= 0.6 is 11.6 Å². The van der Waals surface area contributed by atoms with Crippen LogP contribution < -0.4 is 0 Å². The van der Waals surface area contributed by atoms with Crippen molar-refractivity contribution in [2.24, 2.45) is 0 Å². The predicted octanol–water partition coefficient (Wildman–Crippen LogP) is 4.06. The number of rotatable bonds is 2. The van der Waals surface area contributed by atoms with E-state index < -0.39 is 0 Å². The second-order valence-electron chi connectivity index (χ2n) is 4.13. The predicted molar refractivity (Wildman–Crippen MR) is 69.5 cm³/mol. The standard InChI is InChI=1S/C14H13ClO2/c1-9(2)17-14(16)12-7-10-5-3-4-6-11(10)8-13(12)15/h3-9H,1-2H3. The molecule has 0 aliphatic carbocycles. The molecule has 0 N–H and O–H groups in total. The largest absolute Gasteiger partial charge is 0.459 e. The Bertz CT molecular complexity index is 561. The summed E-state index contributed by atoms with van der Waals surface area (Å²) in [5, 5.41) is 2.42. The highest BCUT2D eigenvalue weighted by Crippen LogP contribution is 2.24. The summed E-state index contributed by atoms with van der Waals surface area (Å²) in [5.41, 5.74) is 0.416. The first-order valence-corrected chi connectivity index (χ1v) is 5.85. The van der Waals surface area contributed by atoms with Gasteiger partial charge in [0.2, 0.25) is 0 Å². The van der Waals surface area contributed by atoms with E-state index in [1.807, 2.05) is 38.1 Å². The zero-order valence-electron chi connectivity index (χ0n) is 9.74. The summed E-state index contributed by atoms with van der Waals surface area (Å²) in [6.07, 6.45) is -0.148. The molecule has 0 aliphatic heterocycles. The number of esters is 1. The van der Waals surface area contributed by atoms with Crippen LogP contribution in [0.1, 0.15) is 24.2 Å². The summed E-state index contributed by atoms with van der Waals surface area (Å²) in [7, 11) is 0. The van der Waals surface area contributed by atoms with Gasteiger partial charge in [0, 0.05) is 0 Å². The number of hydrogen-bond donors (Lipinski definition) is 0. The molecule has 0 amide bonds. The van der Waals surface area contributed by atoms with Gasteiger partial charge in [0.15, 0.2) is 0 Å². The Labute approximate surface area is 105 Å². The van der Waals surface area contributed by atoms with E-state index in [1.165, 1.54) is 0 Å². The number of ether oxygens (including phenoxy) is 1. The molecule has 0 bridgehead atoms. The van der Waals surface area contributed by atoms with Crippen molar-refractivity contribution in [1.82, 2.24) is 0 Å². The van der Waals surface area contributed by atoms with Crippen molar-refractivity contribution in [2.75, 3.05) is 0 Å². The fraction of sp³-hybridized carbons (Fsp3) is 0.214. The van der Waals surface area contributed by atoms with Gasteiger partial charge in [0.1, 0.15) is 0 Å². The van der Waals surface area contributed by atoms with Crippen molar-refractivity contribution in [3.63, 3.8) is 0 Å². The molecule has 2 aromatic carbocycles. The third kappa shape index (κ3) is 2.59. The molecule has 0 aromatic heterocycles. The molecule has 0 fully saturated rings. The summed E-state index contributed by atoms with van der Waals surface area (Å²) in [5.74, 6) is -0.379. The van der Waals surface area contributed by atoms with E-state index in [1.54, 1.807) is 12.1 Å². The first-order valence-electron chi connectivity index (χ1n) is 5.47. The summed E-state index contributed by atoms with van der Waals surface area (Å²) in [6, 6.07) is 11.3. The minimum absolute atomic E-state index is 0.148. The molecule has 88 valence electrons. The summed E-state index contributed by atoms with van der Waals surface area (Å²) in [6.45, 7) is 3.62. The third-order valence-electron chi connectivity index (χ3n) is 2.40. The molecule has 2 aromatic rings. The van der Waals surface area contributed by atoms with E-state index in [2.05, 4.69) is 0 Å². The lowest BCUT2D eigenvalue weighted by atomic mass is 10.1. The van der Waals surface area contributed by atoms with E-state index in [0.29, 0.717) is 10.6 Å². The maximum Gasteiger partial charge on any atom is 0.339 e. The molecule has 17 heavy (non-hydrogen) atoms. The highest BCUT2D eigenvalue weighted by atomic mass is 35.5. The maximum absolute atomic E-state index is 11.8. The van der Waals surface area contributed by atoms with Crippen molar-refractivity contribution in [1.29, 1.82) is 0 Å². The van der Waals surface area contributed by atoms with Gasteiger partial charge in [-0.15, -0.1) is 0 Å². The number of benzene rings is 2. The zero-order chi connectivity index (χ0) is 12.4. The topological polar surface area (TPSA) is 26.3 Å². The minimum Gasteiger partial charge on any atom is -0.459 e. The van der Waals surface area contributed by atoms with Crippen LogP contribution in [0.4, 0.5) is 0 Å². The fourth-order valence-corrected chi connectivity index (χ4v) is 1.90. The zero-order valence-corrected chi connectivity index (χ0v) is 10.5. The second kappa shape index (κ2) is 4.76. The fourth-order valence-electron chi connectivity index (χ4n) is 1.65. The van der Waals surface area contributed by atoms with Gasteiger partial charge in [-0.1, -0.05) is 35.9 Å². The number of carbonyl (C=O) groups is 1. The SMILES string of the molecule is CC(C)OC(=O)c1cc2ccccc2cc1Cl. The first-order chi connectivity index (χ1) is 8.08. The van der Waals surface area contributed by atoms with Crippen molar-refractivity contribution < 1.29 is 9.53 Å². The molecule has 0 saturated heterocycles. The van der Waals surface area contributed by atoms with E-state index in [9.17, 15) is 4.79 Å². The van der Waals surface area contributed by atoms with Crippen LogP contribution in [0.15, 0.2) is 36.4 Å². The first kappa shape index (κ1) is 11.9. The summed E-state index contributed by atoms with van der Waals surface area (Å²) in [4.78, 5) is 11.8. The molecular weight excluding hydrogens is 236 g/mol. The van der Waals surface area contributed by atoms with Gasteiger partial charge in [-0.3, -0.25) is 0 Å². The Kier molecular flexibility index (Phi) is 3.34. The third-order valence-corrected chi connectivity index (χ3v) is 2.71. The Hall–Kier alpha value is -1.54. The van der Waals surface area contributed by atoms with Gasteiger partial charge >= 0.3 is 5.97 Å². The minimum atomic E-state index is -0.379. The van der Waals surface area contributed by atoms with Crippen molar-refractivity contribution >= 4 is 28.3 Å². The van der Waals surface area contributed by atoms with E-state index in [4.69, 9.17) is 16.3 Å². The van der Waals surface area contributed by atoms with Gasteiger partial charge < -0.3 is 4.74 Å². The van der Waals surface area contributed by atoms with Crippen molar-refractivity contribution in [3.8, 4) is 0 Å². The van der Waals surface area contributed by atoms with Crippen molar-refractivity contribution in [2.45, 2.75) is 20.0 Å². The molecule has 0 spiro atoms. The van der Waals surface area contributed by atoms with Crippen LogP contribution in [-0.2, 0) is 4.74 Å². The van der Waals surface area contributed by atoms with Crippen LogP contribution in [0.2, 0.25) is 5.02 Å². The smallest absolute Gasteiger partial charge is 0.339 e. The van der Waals surface area contributed by atoms with Crippen LogP contribution in [0, 0.1) is 0 Å². The Balaban J connectivity index is 2.47.